The summed E-state index contributed by atoms with van der Waals surface area (Å²) in [4.78, 5) is 0. The Hall–Kier alpha value is -0.340. The number of rotatable bonds is 0. The van der Waals surface area contributed by atoms with Gasteiger partial charge in [-0.05, 0) is 115 Å². The number of allylic oxidation sites excluding steroid dienone is 2. The summed E-state index contributed by atoms with van der Waals surface area (Å²) < 4.78 is 0. The van der Waals surface area contributed by atoms with Crippen LogP contribution in [0, 0.1) is 50.7 Å². The molecule has 0 bridgehead atoms. The fourth-order valence-corrected chi connectivity index (χ4v) is 10.7. The fraction of sp³-hybridized carbons (Fsp3) is 0.931. The van der Waals surface area contributed by atoms with Crippen LogP contribution in [0.15, 0.2) is 11.6 Å². The third kappa shape index (κ3) is 2.70. The molecule has 0 aromatic heterocycles. The third-order valence-electron chi connectivity index (χ3n) is 13.0. The van der Waals surface area contributed by atoms with Gasteiger partial charge in [0.05, 0.1) is 12.2 Å². The van der Waals surface area contributed by atoms with Gasteiger partial charge in [-0.25, -0.2) is 0 Å². The first kappa shape index (κ1) is 22.5. The highest BCUT2D eigenvalue weighted by atomic mass is 16.3. The molecule has 5 aliphatic carbocycles. The maximum atomic E-state index is 11.9. The van der Waals surface area contributed by atoms with E-state index in [4.69, 9.17) is 0 Å². The van der Waals surface area contributed by atoms with Crippen molar-refractivity contribution in [2.75, 3.05) is 0 Å². The van der Waals surface area contributed by atoms with Crippen LogP contribution in [0.2, 0.25) is 0 Å². The molecular formula is C29H48O2. The summed E-state index contributed by atoms with van der Waals surface area (Å²) in [6.07, 6.45) is 12.6. The Bertz CT molecular complexity index is 784. The highest BCUT2D eigenvalue weighted by molar-refractivity contribution is 5.22. The van der Waals surface area contributed by atoms with Crippen molar-refractivity contribution in [2.24, 2.45) is 50.7 Å². The molecule has 5 rings (SSSR count). The van der Waals surface area contributed by atoms with Crippen molar-refractivity contribution < 1.29 is 10.2 Å². The van der Waals surface area contributed by atoms with Crippen molar-refractivity contribution >= 4 is 0 Å². The molecule has 2 N–H and O–H groups in total. The lowest BCUT2D eigenvalue weighted by atomic mass is 9.31. The van der Waals surface area contributed by atoms with Crippen molar-refractivity contribution in [2.45, 2.75) is 118 Å². The molecule has 0 heterocycles. The van der Waals surface area contributed by atoms with E-state index in [-0.39, 0.29) is 33.9 Å². The zero-order valence-corrected chi connectivity index (χ0v) is 21.3. The quantitative estimate of drug-likeness (QED) is 0.419. The molecule has 31 heavy (non-hydrogen) atoms. The topological polar surface area (TPSA) is 40.5 Å². The molecule has 0 amide bonds. The molecule has 10 atom stereocenters. The van der Waals surface area contributed by atoms with E-state index in [0.717, 1.165) is 19.3 Å². The molecule has 4 fully saturated rings. The third-order valence-corrected chi connectivity index (χ3v) is 13.0. The molecular weight excluding hydrogens is 380 g/mol. The lowest BCUT2D eigenvalue weighted by Crippen LogP contribution is -2.69. The van der Waals surface area contributed by atoms with Crippen LogP contribution in [-0.4, -0.2) is 22.4 Å². The number of aliphatic hydroxyl groups excluding tert-OH is 2. The Balaban J connectivity index is 1.57. The highest BCUT2D eigenvalue weighted by Gasteiger charge is 2.70. The highest BCUT2D eigenvalue weighted by Crippen LogP contribution is 2.76. The van der Waals surface area contributed by atoms with Gasteiger partial charge in [0.2, 0.25) is 0 Å². The molecule has 0 aliphatic heterocycles. The van der Waals surface area contributed by atoms with Gasteiger partial charge in [-0.15, -0.1) is 0 Å². The van der Waals surface area contributed by atoms with Crippen molar-refractivity contribution in [1.82, 2.24) is 0 Å². The van der Waals surface area contributed by atoms with Gasteiger partial charge in [0, 0.05) is 0 Å². The maximum absolute atomic E-state index is 11.9. The van der Waals surface area contributed by atoms with Crippen LogP contribution >= 0.6 is 0 Å². The predicted molar refractivity (Wildman–Crippen MR) is 127 cm³/mol. The summed E-state index contributed by atoms with van der Waals surface area (Å²) in [5.41, 5.74) is 2.62. The number of hydrogen-bond acceptors (Lipinski definition) is 2. The van der Waals surface area contributed by atoms with Crippen molar-refractivity contribution in [3.8, 4) is 0 Å². The van der Waals surface area contributed by atoms with Crippen LogP contribution in [0.5, 0.6) is 0 Å². The first-order valence-corrected chi connectivity index (χ1v) is 13.3. The zero-order valence-electron chi connectivity index (χ0n) is 21.3. The Labute approximate surface area is 191 Å². The molecule has 0 radical (unpaired) electrons. The smallest absolute Gasteiger partial charge is 0.0594 e. The minimum atomic E-state index is -0.181. The lowest BCUT2D eigenvalue weighted by molar-refractivity contribution is -0.271. The van der Waals surface area contributed by atoms with Gasteiger partial charge in [-0.3, -0.25) is 0 Å². The van der Waals surface area contributed by atoms with E-state index in [1.54, 1.807) is 5.57 Å². The van der Waals surface area contributed by atoms with Crippen molar-refractivity contribution in [1.29, 1.82) is 0 Å². The average molecular weight is 429 g/mol. The van der Waals surface area contributed by atoms with E-state index in [9.17, 15) is 10.2 Å². The SMILES string of the molecule is CC1=CC[C@]2(C)CC[C@]3(C)[C@H]([C@H](O)C[C@@H]4[C@@]5(C)CC[C@H](O)C(C)(C)[C@@H]5CC[C@]43C)[C@H]2C1. The van der Waals surface area contributed by atoms with Crippen LogP contribution in [0.1, 0.15) is 106 Å². The summed E-state index contributed by atoms with van der Waals surface area (Å²) in [6.45, 7) is 17.2. The lowest BCUT2D eigenvalue weighted by Gasteiger charge is -2.74. The molecule has 0 unspecified atom stereocenters. The van der Waals surface area contributed by atoms with E-state index in [1.165, 1.54) is 38.5 Å². The van der Waals surface area contributed by atoms with Gasteiger partial charge in [0.1, 0.15) is 0 Å². The summed E-state index contributed by atoms with van der Waals surface area (Å²) in [5.74, 6) is 2.17. The van der Waals surface area contributed by atoms with Crippen LogP contribution < -0.4 is 0 Å². The van der Waals surface area contributed by atoms with E-state index in [0.29, 0.717) is 29.1 Å². The van der Waals surface area contributed by atoms with Gasteiger partial charge in [-0.2, -0.15) is 0 Å². The largest absolute Gasteiger partial charge is 0.393 e. The molecule has 0 saturated heterocycles. The van der Waals surface area contributed by atoms with Crippen molar-refractivity contribution in [3.63, 3.8) is 0 Å². The molecule has 4 saturated carbocycles. The first-order valence-electron chi connectivity index (χ1n) is 13.3. The second-order valence-corrected chi connectivity index (χ2v) is 14.4. The number of fused-ring (bicyclic) bond motifs is 7. The molecule has 176 valence electrons. The van der Waals surface area contributed by atoms with Gasteiger partial charge in [0.25, 0.3) is 0 Å². The molecule has 2 heteroatoms. The van der Waals surface area contributed by atoms with Crippen LogP contribution in [0.25, 0.3) is 0 Å². The minimum absolute atomic E-state index is 0.0204. The monoisotopic (exact) mass is 428 g/mol. The second-order valence-electron chi connectivity index (χ2n) is 14.4. The summed E-state index contributed by atoms with van der Waals surface area (Å²) in [5, 5.41) is 22.7. The maximum Gasteiger partial charge on any atom is 0.0594 e. The summed E-state index contributed by atoms with van der Waals surface area (Å²) >= 11 is 0. The first-order chi connectivity index (χ1) is 14.3. The predicted octanol–water partition coefficient (Wildman–Crippen LogP) is 6.75. The molecule has 0 aromatic carbocycles. The number of aliphatic hydroxyl groups is 2. The van der Waals surface area contributed by atoms with E-state index >= 15 is 0 Å². The molecule has 0 spiro atoms. The fourth-order valence-electron chi connectivity index (χ4n) is 10.7. The van der Waals surface area contributed by atoms with Crippen molar-refractivity contribution in [3.05, 3.63) is 11.6 Å². The second kappa shape index (κ2) is 6.62. The Kier molecular flexibility index (Phi) is 4.80. The van der Waals surface area contributed by atoms with Crippen LogP contribution in [0.3, 0.4) is 0 Å². The Morgan fingerprint density at radius 3 is 2.26 bits per heavy atom. The van der Waals surface area contributed by atoms with Crippen LogP contribution in [-0.2, 0) is 0 Å². The Morgan fingerprint density at radius 2 is 1.55 bits per heavy atom. The summed E-state index contributed by atoms with van der Waals surface area (Å²) in [6, 6.07) is 0. The number of hydrogen-bond donors (Lipinski definition) is 2. The van der Waals surface area contributed by atoms with E-state index < -0.39 is 0 Å². The normalized spacial score (nSPS) is 58.3. The molecule has 5 aliphatic rings. The average Bonchev–Trinajstić information content (AvgIpc) is 2.68. The van der Waals surface area contributed by atoms with Gasteiger partial charge < -0.3 is 10.2 Å². The molecule has 2 nitrogen and oxygen atoms in total. The van der Waals surface area contributed by atoms with Gasteiger partial charge in [0.15, 0.2) is 0 Å². The van der Waals surface area contributed by atoms with Gasteiger partial charge in [-0.1, -0.05) is 53.2 Å². The van der Waals surface area contributed by atoms with E-state index in [2.05, 4.69) is 54.5 Å². The van der Waals surface area contributed by atoms with Crippen LogP contribution in [0.4, 0.5) is 0 Å². The Morgan fingerprint density at radius 1 is 0.839 bits per heavy atom. The van der Waals surface area contributed by atoms with Gasteiger partial charge >= 0.3 is 0 Å². The molecule has 0 aromatic rings. The summed E-state index contributed by atoms with van der Waals surface area (Å²) in [7, 11) is 0. The minimum Gasteiger partial charge on any atom is -0.393 e. The standard InChI is InChI=1S/C29H48O2/c1-18-8-11-26(4)14-15-29(7)24(19(26)16-18)20(30)17-22-27(5)12-10-23(31)25(2,3)21(27)9-13-28(22,29)6/h8,19-24,30-31H,9-17H2,1-7H3/t19-,20-,21+,22-,23+,24+,26-,27+,28-,29-/m1/s1. The van der Waals surface area contributed by atoms with E-state index in [1.807, 2.05) is 0 Å². The zero-order chi connectivity index (χ0) is 22.6.